The number of carbonyl (C=O) groups excluding carboxylic acids is 1. The zero-order valence-electron chi connectivity index (χ0n) is 20.0. The number of hydrogen-bond acceptors (Lipinski definition) is 6. The third kappa shape index (κ3) is 5.64. The van der Waals surface area contributed by atoms with Crippen LogP contribution in [-0.2, 0) is 4.74 Å². The third-order valence-electron chi connectivity index (χ3n) is 5.69. The number of fused-ring (bicyclic) bond motifs is 1. The lowest BCUT2D eigenvalue weighted by Gasteiger charge is -2.26. The number of carbonyl (C=O) groups is 1. The van der Waals surface area contributed by atoms with Gasteiger partial charge in [0.15, 0.2) is 0 Å². The van der Waals surface area contributed by atoms with Gasteiger partial charge in [0.1, 0.15) is 17.4 Å². The lowest BCUT2D eigenvalue weighted by molar-refractivity contribution is 0.0199. The topological polar surface area (TPSA) is 77.7 Å². The summed E-state index contributed by atoms with van der Waals surface area (Å²) in [6, 6.07) is 11.9. The second kappa shape index (κ2) is 9.81. The minimum absolute atomic E-state index is 0.256. The van der Waals surface area contributed by atoms with Gasteiger partial charge in [-0.3, -0.25) is 4.90 Å². The van der Waals surface area contributed by atoms with E-state index in [-0.39, 0.29) is 12.1 Å². The molecule has 1 aliphatic heterocycles. The summed E-state index contributed by atoms with van der Waals surface area (Å²) in [5.41, 5.74) is 0.325. The van der Waals surface area contributed by atoms with Crippen molar-refractivity contribution in [3.05, 3.63) is 42.3 Å². The lowest BCUT2D eigenvalue weighted by atomic mass is 10.1. The van der Waals surface area contributed by atoms with Crippen molar-refractivity contribution in [1.29, 1.82) is 0 Å². The summed E-state index contributed by atoms with van der Waals surface area (Å²) in [6.45, 7) is 9.14. The third-order valence-corrected chi connectivity index (χ3v) is 5.69. The molecular formula is C26H33N3O4. The zero-order chi connectivity index (χ0) is 23.4. The van der Waals surface area contributed by atoms with Crippen LogP contribution in [0.25, 0.3) is 22.2 Å². The van der Waals surface area contributed by atoms with E-state index in [0.29, 0.717) is 18.3 Å². The smallest absolute Gasteiger partial charge is 0.410 e. The number of unbranched alkanes of at least 4 members (excludes halogenated alkanes) is 2. The Morgan fingerprint density at radius 1 is 1.15 bits per heavy atom. The number of ether oxygens (including phenoxy) is 2. The Labute approximate surface area is 195 Å². The van der Waals surface area contributed by atoms with Crippen LogP contribution < -0.4 is 4.74 Å². The molecule has 33 heavy (non-hydrogen) atoms. The average Bonchev–Trinajstić information content (AvgIpc) is 3.44. The summed E-state index contributed by atoms with van der Waals surface area (Å²) in [5.74, 6) is 1.85. The van der Waals surface area contributed by atoms with Crippen molar-refractivity contribution in [2.45, 2.75) is 71.4 Å². The number of rotatable bonds is 7. The molecule has 0 bridgehead atoms. The van der Waals surface area contributed by atoms with E-state index >= 15 is 0 Å². The van der Waals surface area contributed by atoms with Gasteiger partial charge >= 0.3 is 6.09 Å². The van der Waals surface area contributed by atoms with Crippen molar-refractivity contribution in [2.75, 3.05) is 13.2 Å². The Bertz CT molecular complexity index is 1100. The second-order valence-electron chi connectivity index (χ2n) is 9.57. The Hall–Kier alpha value is -3.09. The van der Waals surface area contributed by atoms with Gasteiger partial charge in [0.25, 0.3) is 0 Å². The lowest BCUT2D eigenvalue weighted by Crippen LogP contribution is -2.36. The first kappa shape index (κ1) is 23.1. The van der Waals surface area contributed by atoms with Crippen molar-refractivity contribution in [3.63, 3.8) is 0 Å². The first-order chi connectivity index (χ1) is 15.8. The van der Waals surface area contributed by atoms with Crippen molar-refractivity contribution in [2.24, 2.45) is 0 Å². The highest BCUT2D eigenvalue weighted by Gasteiger charge is 2.36. The van der Waals surface area contributed by atoms with Gasteiger partial charge < -0.3 is 14.0 Å². The van der Waals surface area contributed by atoms with E-state index in [0.717, 1.165) is 48.0 Å². The molecule has 1 fully saturated rings. The van der Waals surface area contributed by atoms with Crippen LogP contribution in [0.15, 0.2) is 40.9 Å². The minimum atomic E-state index is -0.546. The van der Waals surface area contributed by atoms with Crippen LogP contribution in [-0.4, -0.2) is 39.9 Å². The summed E-state index contributed by atoms with van der Waals surface area (Å²) in [5, 5.41) is 6.37. The molecule has 1 atom stereocenters. The molecule has 0 N–H and O–H groups in total. The molecule has 2 heterocycles. The number of benzene rings is 2. The van der Waals surface area contributed by atoms with Crippen molar-refractivity contribution in [1.82, 2.24) is 15.0 Å². The number of likely N-dealkylation sites (tertiary alicyclic amines) is 1. The highest BCUT2D eigenvalue weighted by molar-refractivity contribution is 5.87. The maximum Gasteiger partial charge on any atom is 0.410 e. The van der Waals surface area contributed by atoms with Crippen LogP contribution in [0, 0.1) is 0 Å². The summed E-state index contributed by atoms with van der Waals surface area (Å²) in [6.07, 6.45) is 4.74. The predicted molar refractivity (Wildman–Crippen MR) is 127 cm³/mol. The molecule has 1 amide bonds. The van der Waals surface area contributed by atoms with E-state index in [1.165, 1.54) is 12.8 Å². The van der Waals surface area contributed by atoms with Gasteiger partial charge in [-0.25, -0.2) is 4.79 Å². The molecule has 0 unspecified atom stereocenters. The first-order valence-electron chi connectivity index (χ1n) is 11.8. The maximum absolute atomic E-state index is 12.6. The zero-order valence-corrected chi connectivity index (χ0v) is 20.0. The van der Waals surface area contributed by atoms with Gasteiger partial charge in [0, 0.05) is 12.1 Å². The monoisotopic (exact) mass is 451 g/mol. The Morgan fingerprint density at radius 3 is 2.73 bits per heavy atom. The Kier molecular flexibility index (Phi) is 6.86. The summed E-state index contributed by atoms with van der Waals surface area (Å²) >= 11 is 0. The van der Waals surface area contributed by atoms with Gasteiger partial charge in [0.05, 0.1) is 6.61 Å². The molecule has 7 nitrogen and oxygen atoms in total. The van der Waals surface area contributed by atoms with Crippen LogP contribution in [0.4, 0.5) is 4.79 Å². The number of nitrogens with zero attached hydrogens (tertiary/aromatic N) is 3. The van der Waals surface area contributed by atoms with Crippen LogP contribution in [0.5, 0.6) is 5.75 Å². The fourth-order valence-corrected chi connectivity index (χ4v) is 4.05. The molecule has 176 valence electrons. The van der Waals surface area contributed by atoms with Crippen LogP contribution in [0.1, 0.15) is 71.7 Å². The van der Waals surface area contributed by atoms with Crippen LogP contribution >= 0.6 is 0 Å². The molecule has 0 spiro atoms. The molecule has 1 aliphatic rings. The molecule has 0 saturated carbocycles. The SMILES string of the molecule is CCCCCOc1ccc2cc(-c3noc([C@@H]4CCCN4C(=O)OC(C)(C)C)n3)ccc2c1. The highest BCUT2D eigenvalue weighted by atomic mass is 16.6. The van der Waals surface area contributed by atoms with E-state index in [1.807, 2.05) is 45.0 Å². The van der Waals surface area contributed by atoms with E-state index in [1.54, 1.807) is 4.90 Å². The van der Waals surface area contributed by atoms with Crippen LogP contribution in [0.3, 0.4) is 0 Å². The Morgan fingerprint density at radius 2 is 1.94 bits per heavy atom. The quantitative estimate of drug-likeness (QED) is 0.380. The van der Waals surface area contributed by atoms with E-state index < -0.39 is 5.60 Å². The second-order valence-corrected chi connectivity index (χ2v) is 9.57. The summed E-state index contributed by atoms with van der Waals surface area (Å²) in [4.78, 5) is 18.9. The fraction of sp³-hybridized carbons (Fsp3) is 0.500. The van der Waals surface area contributed by atoms with Crippen molar-refractivity contribution < 1.29 is 18.8 Å². The molecule has 4 rings (SSSR count). The van der Waals surface area contributed by atoms with Gasteiger partial charge in [0.2, 0.25) is 11.7 Å². The van der Waals surface area contributed by atoms with Crippen molar-refractivity contribution in [3.8, 4) is 17.1 Å². The Balaban J connectivity index is 1.48. The molecule has 7 heteroatoms. The summed E-state index contributed by atoms with van der Waals surface area (Å²) < 4.78 is 17.0. The van der Waals surface area contributed by atoms with Gasteiger partial charge in [-0.2, -0.15) is 4.98 Å². The molecule has 0 radical (unpaired) electrons. The molecule has 3 aromatic rings. The summed E-state index contributed by atoms with van der Waals surface area (Å²) in [7, 11) is 0. The maximum atomic E-state index is 12.6. The molecule has 2 aromatic carbocycles. The average molecular weight is 452 g/mol. The van der Waals surface area contributed by atoms with Gasteiger partial charge in [-0.15, -0.1) is 0 Å². The number of aromatic nitrogens is 2. The van der Waals surface area contributed by atoms with Gasteiger partial charge in [-0.1, -0.05) is 43.1 Å². The standard InChI is InChI=1S/C26H33N3O4/c1-5-6-7-15-31-21-13-12-18-16-20(11-10-19(18)17-21)23-27-24(33-28-23)22-9-8-14-29(22)25(30)32-26(2,3)4/h10-13,16-17,22H,5-9,14-15H2,1-4H3/t22-/m0/s1. The van der Waals surface area contributed by atoms with Crippen LogP contribution in [0.2, 0.25) is 0 Å². The fourth-order valence-electron chi connectivity index (χ4n) is 4.05. The van der Waals surface area contributed by atoms with Crippen molar-refractivity contribution >= 4 is 16.9 Å². The molecular weight excluding hydrogens is 418 g/mol. The predicted octanol–water partition coefficient (Wildman–Crippen LogP) is 6.53. The van der Waals surface area contributed by atoms with Gasteiger partial charge in [-0.05, 0) is 69.0 Å². The molecule has 0 aliphatic carbocycles. The highest BCUT2D eigenvalue weighted by Crippen LogP contribution is 2.34. The normalized spacial score (nSPS) is 16.4. The van der Waals surface area contributed by atoms with E-state index in [2.05, 4.69) is 29.2 Å². The number of amides is 1. The molecule has 1 saturated heterocycles. The first-order valence-corrected chi connectivity index (χ1v) is 11.8. The van der Waals surface area contributed by atoms with E-state index in [4.69, 9.17) is 14.0 Å². The number of hydrogen-bond donors (Lipinski definition) is 0. The van der Waals surface area contributed by atoms with E-state index in [9.17, 15) is 4.79 Å². The molecule has 1 aromatic heterocycles. The largest absolute Gasteiger partial charge is 0.494 e. The minimum Gasteiger partial charge on any atom is -0.494 e.